The fraction of sp³-hybridized carbons (Fsp3) is 0.758. The molecule has 68 heavy (non-hydrogen) atoms. The third-order valence-corrected chi connectivity index (χ3v) is 12.4. The molecule has 6 heteroatoms. The number of carbonyl (C=O) groups excluding carboxylic acids is 3. The van der Waals surface area contributed by atoms with Crippen LogP contribution in [0, 0.1) is 0 Å². The zero-order valence-electron chi connectivity index (χ0n) is 44.9. The van der Waals surface area contributed by atoms with Gasteiger partial charge in [0.15, 0.2) is 6.10 Å². The topological polar surface area (TPSA) is 78.9 Å². The maximum atomic E-state index is 12.8. The molecule has 0 radical (unpaired) electrons. The van der Waals surface area contributed by atoms with Crippen molar-refractivity contribution < 1.29 is 28.6 Å². The molecule has 0 fully saturated rings. The van der Waals surface area contributed by atoms with Crippen LogP contribution in [0.3, 0.4) is 0 Å². The standard InChI is InChI=1S/C62H108O6/c1-4-7-10-13-16-19-22-25-27-28-29-30-31-32-33-34-36-37-40-43-46-49-52-55-61(64)67-58-59(57-66-60(63)54-51-48-45-42-39-24-21-18-15-12-9-6-3)68-62(65)56-53-50-47-44-41-38-35-26-23-20-17-14-11-8-5-2/h7,10,16-17,19-20,25-27,29-30,35,59H,4-6,8-9,11-15,18,21-24,28,31-34,36-58H2,1-3H3/b10-7-,19-16-,20-17-,27-25-,30-29-,35-26-. The van der Waals surface area contributed by atoms with Gasteiger partial charge in [0.05, 0.1) is 0 Å². The van der Waals surface area contributed by atoms with Gasteiger partial charge in [0.25, 0.3) is 0 Å². The number of hydrogen-bond donors (Lipinski definition) is 0. The van der Waals surface area contributed by atoms with Gasteiger partial charge in [0.2, 0.25) is 0 Å². The molecule has 0 spiro atoms. The van der Waals surface area contributed by atoms with Crippen LogP contribution in [0.5, 0.6) is 0 Å². The van der Waals surface area contributed by atoms with Crippen molar-refractivity contribution in [2.75, 3.05) is 13.2 Å². The molecule has 1 unspecified atom stereocenters. The first-order valence-electron chi connectivity index (χ1n) is 28.9. The molecule has 0 heterocycles. The Morgan fingerprint density at radius 1 is 0.309 bits per heavy atom. The highest BCUT2D eigenvalue weighted by Crippen LogP contribution is 2.16. The van der Waals surface area contributed by atoms with Gasteiger partial charge in [0, 0.05) is 19.3 Å². The predicted molar refractivity (Wildman–Crippen MR) is 293 cm³/mol. The Balaban J connectivity index is 4.32. The number of ether oxygens (including phenoxy) is 3. The number of hydrogen-bond acceptors (Lipinski definition) is 6. The van der Waals surface area contributed by atoms with Crippen molar-refractivity contribution in [3.05, 3.63) is 72.9 Å². The summed E-state index contributed by atoms with van der Waals surface area (Å²) in [5, 5.41) is 0. The van der Waals surface area contributed by atoms with Crippen molar-refractivity contribution in [1.82, 2.24) is 0 Å². The minimum Gasteiger partial charge on any atom is -0.462 e. The Kier molecular flexibility index (Phi) is 53.8. The highest BCUT2D eigenvalue weighted by Gasteiger charge is 2.19. The third kappa shape index (κ3) is 53.8. The first-order valence-corrected chi connectivity index (χ1v) is 28.9. The van der Waals surface area contributed by atoms with Crippen molar-refractivity contribution in [3.8, 4) is 0 Å². The van der Waals surface area contributed by atoms with Gasteiger partial charge in [-0.15, -0.1) is 0 Å². The molecule has 6 nitrogen and oxygen atoms in total. The molecule has 0 saturated heterocycles. The summed E-state index contributed by atoms with van der Waals surface area (Å²) >= 11 is 0. The van der Waals surface area contributed by atoms with Crippen molar-refractivity contribution in [3.63, 3.8) is 0 Å². The second-order valence-electron chi connectivity index (χ2n) is 19.2. The Hall–Kier alpha value is -3.15. The second-order valence-corrected chi connectivity index (χ2v) is 19.2. The third-order valence-electron chi connectivity index (χ3n) is 12.4. The second kappa shape index (κ2) is 56.4. The van der Waals surface area contributed by atoms with E-state index in [0.717, 1.165) is 109 Å². The first-order chi connectivity index (χ1) is 33.5. The van der Waals surface area contributed by atoms with Gasteiger partial charge < -0.3 is 14.2 Å². The largest absolute Gasteiger partial charge is 0.462 e. The molecule has 392 valence electrons. The van der Waals surface area contributed by atoms with E-state index in [2.05, 4.69) is 93.7 Å². The average molecular weight is 950 g/mol. The van der Waals surface area contributed by atoms with E-state index in [1.165, 1.54) is 135 Å². The monoisotopic (exact) mass is 949 g/mol. The minimum absolute atomic E-state index is 0.0798. The summed E-state index contributed by atoms with van der Waals surface area (Å²) in [5.41, 5.74) is 0. The van der Waals surface area contributed by atoms with Crippen LogP contribution in [0.4, 0.5) is 0 Å². The number of esters is 3. The van der Waals surface area contributed by atoms with E-state index in [1.54, 1.807) is 0 Å². The summed E-state index contributed by atoms with van der Waals surface area (Å²) < 4.78 is 16.9. The summed E-state index contributed by atoms with van der Waals surface area (Å²) in [7, 11) is 0. The van der Waals surface area contributed by atoms with Crippen LogP contribution in [-0.2, 0) is 28.6 Å². The SMILES string of the molecule is CC/C=C\C/C=C\C/C=C\C/C=C\CCCCCCCCCCCCC(=O)OCC(COC(=O)CCCCCCCCCCCCCC)OC(=O)CCCCCCC/C=C\C/C=C\CCCCC. The Bertz CT molecular complexity index is 1270. The normalized spacial score (nSPS) is 12.6. The molecule has 0 rings (SSSR count). The molecule has 0 aromatic carbocycles. The Labute approximate surface area is 421 Å². The molecule has 0 aromatic heterocycles. The van der Waals surface area contributed by atoms with Gasteiger partial charge in [-0.05, 0) is 89.9 Å². The zero-order valence-corrected chi connectivity index (χ0v) is 44.9. The predicted octanol–water partition coefficient (Wildman–Crippen LogP) is 19.4. The van der Waals surface area contributed by atoms with E-state index in [-0.39, 0.29) is 31.1 Å². The molecule has 0 amide bonds. The molecule has 0 bridgehead atoms. The molecular weight excluding hydrogens is 841 g/mol. The fourth-order valence-corrected chi connectivity index (χ4v) is 8.11. The molecule has 0 aliphatic carbocycles. The van der Waals surface area contributed by atoms with Gasteiger partial charge in [0.1, 0.15) is 13.2 Å². The average Bonchev–Trinajstić information content (AvgIpc) is 3.34. The molecule has 0 saturated carbocycles. The van der Waals surface area contributed by atoms with Crippen LogP contribution in [0.2, 0.25) is 0 Å². The number of unbranched alkanes of at least 4 members (excludes halogenated alkanes) is 29. The van der Waals surface area contributed by atoms with E-state index >= 15 is 0 Å². The Morgan fingerprint density at radius 3 is 0.926 bits per heavy atom. The lowest BCUT2D eigenvalue weighted by atomic mass is 10.0. The zero-order chi connectivity index (χ0) is 49.3. The lowest BCUT2D eigenvalue weighted by Crippen LogP contribution is -2.30. The van der Waals surface area contributed by atoms with E-state index < -0.39 is 6.10 Å². The van der Waals surface area contributed by atoms with Gasteiger partial charge in [-0.25, -0.2) is 0 Å². The van der Waals surface area contributed by atoms with Crippen LogP contribution in [0.15, 0.2) is 72.9 Å². The summed E-state index contributed by atoms with van der Waals surface area (Å²) in [6.45, 7) is 6.50. The summed E-state index contributed by atoms with van der Waals surface area (Å²) in [5.74, 6) is -0.890. The van der Waals surface area contributed by atoms with E-state index in [9.17, 15) is 14.4 Å². The van der Waals surface area contributed by atoms with Crippen molar-refractivity contribution in [2.45, 2.75) is 290 Å². The molecular formula is C62H108O6. The maximum Gasteiger partial charge on any atom is 0.306 e. The van der Waals surface area contributed by atoms with Gasteiger partial charge in [-0.1, -0.05) is 248 Å². The fourth-order valence-electron chi connectivity index (χ4n) is 8.11. The molecule has 0 N–H and O–H groups in total. The van der Waals surface area contributed by atoms with Crippen molar-refractivity contribution in [2.24, 2.45) is 0 Å². The lowest BCUT2D eigenvalue weighted by molar-refractivity contribution is -0.167. The van der Waals surface area contributed by atoms with E-state index in [0.29, 0.717) is 19.3 Å². The van der Waals surface area contributed by atoms with Crippen molar-refractivity contribution in [1.29, 1.82) is 0 Å². The number of allylic oxidation sites excluding steroid dienone is 12. The number of rotatable bonds is 52. The van der Waals surface area contributed by atoms with Gasteiger partial charge in [-0.2, -0.15) is 0 Å². The van der Waals surface area contributed by atoms with Crippen LogP contribution >= 0.6 is 0 Å². The first kappa shape index (κ1) is 64.8. The van der Waals surface area contributed by atoms with Crippen LogP contribution in [-0.4, -0.2) is 37.2 Å². The smallest absolute Gasteiger partial charge is 0.306 e. The highest BCUT2D eigenvalue weighted by atomic mass is 16.6. The molecule has 0 aromatic rings. The van der Waals surface area contributed by atoms with Crippen molar-refractivity contribution >= 4 is 17.9 Å². The minimum atomic E-state index is -0.782. The lowest BCUT2D eigenvalue weighted by Gasteiger charge is -2.18. The summed E-state index contributed by atoms with van der Waals surface area (Å²) in [6, 6.07) is 0. The van der Waals surface area contributed by atoms with Gasteiger partial charge in [-0.3, -0.25) is 14.4 Å². The Morgan fingerprint density at radius 2 is 0.574 bits per heavy atom. The van der Waals surface area contributed by atoms with Crippen LogP contribution in [0.1, 0.15) is 284 Å². The number of carbonyl (C=O) groups is 3. The van der Waals surface area contributed by atoms with Crippen LogP contribution < -0.4 is 0 Å². The van der Waals surface area contributed by atoms with Gasteiger partial charge >= 0.3 is 17.9 Å². The summed E-state index contributed by atoms with van der Waals surface area (Å²) in [6.07, 6.45) is 71.8. The molecule has 0 aliphatic rings. The summed E-state index contributed by atoms with van der Waals surface area (Å²) in [4.78, 5) is 38.1. The van der Waals surface area contributed by atoms with E-state index in [4.69, 9.17) is 14.2 Å². The molecule has 1 atom stereocenters. The quantitative estimate of drug-likeness (QED) is 0.0262. The van der Waals surface area contributed by atoms with E-state index in [1.807, 2.05) is 0 Å². The van der Waals surface area contributed by atoms with Crippen LogP contribution in [0.25, 0.3) is 0 Å². The maximum absolute atomic E-state index is 12.8. The highest BCUT2D eigenvalue weighted by molar-refractivity contribution is 5.71. The molecule has 0 aliphatic heterocycles.